The van der Waals surface area contributed by atoms with Crippen LogP contribution in [-0.2, 0) is 0 Å². The number of benzene rings is 1. The molecule has 0 saturated heterocycles. The number of nitrogen functional groups attached to an aromatic ring is 1. The molecular weight excluding hydrogens is 465 g/mol. The zero-order valence-corrected chi connectivity index (χ0v) is 21.1. The van der Waals surface area contributed by atoms with Gasteiger partial charge >= 0.3 is 180 Å². The summed E-state index contributed by atoms with van der Waals surface area (Å²) in [6.45, 7) is 6.97. The van der Waals surface area contributed by atoms with Crippen molar-refractivity contribution in [3.8, 4) is 11.5 Å². The first-order valence-corrected chi connectivity index (χ1v) is 18.7. The summed E-state index contributed by atoms with van der Waals surface area (Å²) >= 11 is -2.46. The fourth-order valence-electron chi connectivity index (χ4n) is 4.27. The molecule has 5 heteroatoms. The van der Waals surface area contributed by atoms with E-state index < -0.39 is 18.4 Å². The van der Waals surface area contributed by atoms with Crippen molar-refractivity contribution in [3.05, 3.63) is 36.5 Å². The molecule has 1 aromatic carbocycles. The third-order valence-electron chi connectivity index (χ3n) is 6.06. The van der Waals surface area contributed by atoms with Crippen molar-refractivity contribution in [2.45, 2.75) is 72.6 Å². The monoisotopic (exact) mass is 501 g/mol. The van der Waals surface area contributed by atoms with Crippen molar-refractivity contribution in [1.82, 2.24) is 9.97 Å². The normalized spacial score (nSPS) is 12.0. The Balaban J connectivity index is 1.99. The predicted octanol–water partition coefficient (Wildman–Crippen LogP) is 6.53. The number of fused-ring (bicyclic) bond motifs is 1. The SMILES string of the molecule is CCC[CH2][Sn]([CH2]CCC)([CH2]CCC)[c]1ccc2oc(-c3ccc(N)nc3)nc2c1. The number of nitrogens with zero attached hydrogens (tertiary/aromatic N) is 2. The number of aromatic nitrogens is 2. The van der Waals surface area contributed by atoms with Crippen molar-refractivity contribution in [3.63, 3.8) is 0 Å². The third kappa shape index (κ3) is 5.33. The second-order valence-corrected chi connectivity index (χ2v) is 21.5. The maximum atomic E-state index is 6.04. The van der Waals surface area contributed by atoms with Crippen molar-refractivity contribution < 1.29 is 4.42 Å². The molecule has 0 atom stereocenters. The summed E-state index contributed by atoms with van der Waals surface area (Å²) in [5.74, 6) is 1.13. The van der Waals surface area contributed by atoms with Crippen LogP contribution in [0.1, 0.15) is 59.3 Å². The molecule has 4 nitrogen and oxygen atoms in total. The summed E-state index contributed by atoms with van der Waals surface area (Å²) in [7, 11) is 0. The molecule has 0 aliphatic rings. The van der Waals surface area contributed by atoms with Gasteiger partial charge in [-0.2, -0.15) is 0 Å². The van der Waals surface area contributed by atoms with Crippen molar-refractivity contribution >= 4 is 38.9 Å². The molecule has 0 aliphatic carbocycles. The summed E-state index contributed by atoms with van der Waals surface area (Å²) in [5, 5.41) is 0. The summed E-state index contributed by atoms with van der Waals surface area (Å²) in [4.78, 5) is 8.99. The van der Waals surface area contributed by atoms with Crippen LogP contribution < -0.4 is 9.31 Å². The predicted molar refractivity (Wildman–Crippen MR) is 126 cm³/mol. The Labute approximate surface area is 179 Å². The van der Waals surface area contributed by atoms with E-state index in [9.17, 15) is 0 Å². The minimum absolute atomic E-state index is 0.508. The van der Waals surface area contributed by atoms with E-state index in [-0.39, 0.29) is 0 Å². The molecule has 0 amide bonds. The van der Waals surface area contributed by atoms with E-state index in [0.29, 0.717) is 11.7 Å². The molecule has 3 aromatic rings. The van der Waals surface area contributed by atoms with E-state index in [2.05, 4.69) is 44.0 Å². The second kappa shape index (κ2) is 10.5. The summed E-state index contributed by atoms with van der Waals surface area (Å²) < 4.78 is 12.1. The van der Waals surface area contributed by atoms with E-state index in [1.165, 1.54) is 51.8 Å². The van der Waals surface area contributed by atoms with Gasteiger partial charge in [0.2, 0.25) is 0 Å². The summed E-state index contributed by atoms with van der Waals surface area (Å²) in [6.07, 6.45) is 9.69. The first-order valence-electron chi connectivity index (χ1n) is 11.2. The molecule has 0 fully saturated rings. The average molecular weight is 500 g/mol. The maximum absolute atomic E-state index is 6.04. The number of oxazole rings is 1. The molecule has 0 saturated carbocycles. The molecule has 2 aromatic heterocycles. The van der Waals surface area contributed by atoms with Crippen LogP contribution in [0.3, 0.4) is 0 Å². The number of pyridine rings is 1. The molecule has 0 unspecified atom stereocenters. The Bertz CT molecular complexity index is 882. The Morgan fingerprint density at radius 2 is 1.55 bits per heavy atom. The Hall–Kier alpha value is -1.56. The first-order chi connectivity index (χ1) is 14.1. The molecule has 2 N–H and O–H groups in total. The van der Waals surface area contributed by atoms with Crippen molar-refractivity contribution in [1.29, 1.82) is 0 Å². The van der Waals surface area contributed by atoms with Crippen LogP contribution in [0.15, 0.2) is 40.9 Å². The molecule has 156 valence electrons. The van der Waals surface area contributed by atoms with E-state index in [1.807, 2.05) is 6.07 Å². The molecule has 2 heterocycles. The van der Waals surface area contributed by atoms with Crippen LogP contribution in [-0.4, -0.2) is 28.3 Å². The van der Waals surface area contributed by atoms with Gasteiger partial charge in [0, 0.05) is 0 Å². The van der Waals surface area contributed by atoms with E-state index >= 15 is 0 Å². The van der Waals surface area contributed by atoms with Crippen molar-refractivity contribution in [2.24, 2.45) is 0 Å². The van der Waals surface area contributed by atoms with Gasteiger partial charge in [-0.05, 0) is 0 Å². The number of hydrogen-bond donors (Lipinski definition) is 1. The number of hydrogen-bond acceptors (Lipinski definition) is 4. The molecule has 0 spiro atoms. The molecule has 29 heavy (non-hydrogen) atoms. The van der Waals surface area contributed by atoms with Crippen LogP contribution in [0.25, 0.3) is 22.6 Å². The molecule has 3 rings (SSSR count). The topological polar surface area (TPSA) is 64.9 Å². The molecule has 0 bridgehead atoms. The van der Waals surface area contributed by atoms with Crippen LogP contribution in [0, 0.1) is 0 Å². The fourth-order valence-corrected chi connectivity index (χ4v) is 20.2. The summed E-state index contributed by atoms with van der Waals surface area (Å²) in [6, 6.07) is 10.6. The quantitative estimate of drug-likeness (QED) is 0.304. The number of unbranched alkanes of at least 4 members (excludes halogenated alkanes) is 3. The number of rotatable bonds is 11. The van der Waals surface area contributed by atoms with E-state index in [4.69, 9.17) is 15.1 Å². The first kappa shape index (κ1) is 22.1. The van der Waals surface area contributed by atoms with Gasteiger partial charge < -0.3 is 0 Å². The van der Waals surface area contributed by atoms with Crippen LogP contribution in [0.5, 0.6) is 0 Å². The van der Waals surface area contributed by atoms with Gasteiger partial charge in [0.25, 0.3) is 0 Å². The van der Waals surface area contributed by atoms with E-state index in [0.717, 1.165) is 16.7 Å². The Morgan fingerprint density at radius 1 is 0.897 bits per heavy atom. The molecule has 0 aliphatic heterocycles. The van der Waals surface area contributed by atoms with Crippen molar-refractivity contribution in [2.75, 3.05) is 5.73 Å². The Kier molecular flexibility index (Phi) is 7.98. The third-order valence-corrected chi connectivity index (χ3v) is 21.7. The zero-order chi connectivity index (χ0) is 20.7. The van der Waals surface area contributed by atoms with Crippen LogP contribution in [0.4, 0.5) is 5.82 Å². The van der Waals surface area contributed by atoms with E-state index in [1.54, 1.807) is 15.8 Å². The van der Waals surface area contributed by atoms with Crippen LogP contribution >= 0.6 is 0 Å². The average Bonchev–Trinajstić information content (AvgIpc) is 3.17. The van der Waals surface area contributed by atoms with Gasteiger partial charge in [0.1, 0.15) is 0 Å². The van der Waals surface area contributed by atoms with Crippen LogP contribution in [0.2, 0.25) is 13.3 Å². The van der Waals surface area contributed by atoms with Gasteiger partial charge in [-0.3, -0.25) is 0 Å². The zero-order valence-electron chi connectivity index (χ0n) is 18.2. The van der Waals surface area contributed by atoms with Gasteiger partial charge in [-0.1, -0.05) is 0 Å². The summed E-state index contributed by atoms with van der Waals surface area (Å²) in [5.41, 5.74) is 8.43. The standard InChI is InChI=1S/C12H8N3O.3C4H9.Sn/c13-11-6-5-8(7-14-11)12-15-9-3-1-2-4-10(9)16-12;3*1-3-4-2;/h2-7H,(H2,13,14);3*1,3-4H2,2H3;. The van der Waals surface area contributed by atoms with Gasteiger partial charge in [0.05, 0.1) is 0 Å². The number of nitrogens with two attached hydrogens (primary N) is 1. The molecule has 0 radical (unpaired) electrons. The van der Waals surface area contributed by atoms with Gasteiger partial charge in [0.15, 0.2) is 0 Å². The fraction of sp³-hybridized carbons (Fsp3) is 0.500. The Morgan fingerprint density at radius 3 is 2.10 bits per heavy atom. The molecular formula is C24H35N3OSn. The van der Waals surface area contributed by atoms with Gasteiger partial charge in [-0.25, -0.2) is 0 Å². The minimum atomic E-state index is -2.46. The number of anilines is 1. The second-order valence-electron chi connectivity index (χ2n) is 8.26. The van der Waals surface area contributed by atoms with Gasteiger partial charge in [-0.15, -0.1) is 0 Å².